The quantitative estimate of drug-likeness (QED) is 0.539. The summed E-state index contributed by atoms with van der Waals surface area (Å²) in [5.74, 6) is 0.876. The van der Waals surface area contributed by atoms with Crippen LogP contribution in [0.5, 0.6) is 5.75 Å². The normalized spacial score (nSPS) is 10.2. The van der Waals surface area contributed by atoms with Gasteiger partial charge in [-0.3, -0.25) is 4.79 Å². The highest BCUT2D eigenvalue weighted by Gasteiger charge is 2.11. The Morgan fingerprint density at radius 3 is 2.69 bits per heavy atom. The number of methoxy groups -OCH3 is 1. The van der Waals surface area contributed by atoms with Gasteiger partial charge in [0.1, 0.15) is 5.75 Å². The molecular weight excluding hydrogens is 200 g/mol. The standard InChI is InChI=1S/C14H20O2/c1-4-5-6-7-13(15)12-10-11(2)8-9-14(12)16-3/h8-10H,4-7H2,1-3H3. The van der Waals surface area contributed by atoms with Crippen LogP contribution in [-0.4, -0.2) is 12.9 Å². The zero-order valence-electron chi connectivity index (χ0n) is 10.4. The van der Waals surface area contributed by atoms with E-state index < -0.39 is 0 Å². The van der Waals surface area contributed by atoms with E-state index in [9.17, 15) is 4.79 Å². The highest BCUT2D eigenvalue weighted by molar-refractivity contribution is 5.98. The second-order valence-electron chi connectivity index (χ2n) is 4.08. The van der Waals surface area contributed by atoms with E-state index in [0.717, 1.165) is 30.4 Å². The van der Waals surface area contributed by atoms with Gasteiger partial charge in [-0.05, 0) is 25.5 Å². The van der Waals surface area contributed by atoms with Gasteiger partial charge in [-0.25, -0.2) is 0 Å². The number of aryl methyl sites for hydroxylation is 1. The van der Waals surface area contributed by atoms with Gasteiger partial charge in [0, 0.05) is 6.42 Å². The molecule has 16 heavy (non-hydrogen) atoms. The first-order chi connectivity index (χ1) is 7.69. The molecule has 1 aromatic rings. The van der Waals surface area contributed by atoms with Crippen LogP contribution >= 0.6 is 0 Å². The predicted octanol–water partition coefficient (Wildman–Crippen LogP) is 3.77. The molecule has 1 aromatic carbocycles. The molecule has 0 bridgehead atoms. The van der Waals surface area contributed by atoms with E-state index in [-0.39, 0.29) is 5.78 Å². The Hall–Kier alpha value is -1.31. The van der Waals surface area contributed by atoms with Crippen LogP contribution in [0.2, 0.25) is 0 Å². The molecule has 0 fully saturated rings. The van der Waals surface area contributed by atoms with Crippen LogP contribution in [0.1, 0.15) is 48.5 Å². The third-order valence-corrected chi connectivity index (χ3v) is 2.66. The first kappa shape index (κ1) is 12.8. The molecule has 2 nitrogen and oxygen atoms in total. The number of Topliss-reactive ketones (excluding diaryl/α,β-unsaturated/α-hetero) is 1. The Balaban J connectivity index is 2.76. The molecule has 0 heterocycles. The molecule has 0 aliphatic heterocycles. The molecule has 0 saturated carbocycles. The molecule has 0 N–H and O–H groups in total. The number of rotatable bonds is 6. The van der Waals surface area contributed by atoms with Gasteiger partial charge in [0.15, 0.2) is 5.78 Å². The molecule has 0 unspecified atom stereocenters. The van der Waals surface area contributed by atoms with Gasteiger partial charge in [-0.1, -0.05) is 31.4 Å². The van der Waals surface area contributed by atoms with Crippen molar-refractivity contribution in [3.8, 4) is 5.75 Å². The van der Waals surface area contributed by atoms with Crippen LogP contribution in [0.15, 0.2) is 18.2 Å². The molecule has 0 amide bonds. The summed E-state index contributed by atoms with van der Waals surface area (Å²) in [6.07, 6.45) is 3.83. The summed E-state index contributed by atoms with van der Waals surface area (Å²) in [6.45, 7) is 4.12. The van der Waals surface area contributed by atoms with Crippen LogP contribution in [0, 0.1) is 6.92 Å². The van der Waals surface area contributed by atoms with Crippen LogP contribution in [0.4, 0.5) is 0 Å². The van der Waals surface area contributed by atoms with Gasteiger partial charge in [0.25, 0.3) is 0 Å². The number of carbonyl (C=O) groups excluding carboxylic acids is 1. The Morgan fingerprint density at radius 2 is 2.06 bits per heavy atom. The van der Waals surface area contributed by atoms with Crippen molar-refractivity contribution in [3.63, 3.8) is 0 Å². The minimum atomic E-state index is 0.189. The zero-order valence-corrected chi connectivity index (χ0v) is 10.4. The number of hydrogen-bond donors (Lipinski definition) is 0. The molecule has 0 saturated heterocycles. The molecule has 0 atom stereocenters. The maximum atomic E-state index is 12.0. The summed E-state index contributed by atoms with van der Waals surface area (Å²) in [4.78, 5) is 12.0. The smallest absolute Gasteiger partial charge is 0.166 e. The second kappa shape index (κ2) is 6.31. The molecular formula is C14H20O2. The fourth-order valence-electron chi connectivity index (χ4n) is 1.71. The molecule has 0 aliphatic carbocycles. The number of ketones is 1. The highest BCUT2D eigenvalue weighted by Crippen LogP contribution is 2.22. The van der Waals surface area contributed by atoms with Crippen LogP contribution in [0.25, 0.3) is 0 Å². The van der Waals surface area contributed by atoms with Crippen molar-refractivity contribution >= 4 is 5.78 Å². The molecule has 0 spiro atoms. The first-order valence-electron chi connectivity index (χ1n) is 5.87. The van der Waals surface area contributed by atoms with Crippen molar-refractivity contribution in [1.29, 1.82) is 0 Å². The zero-order chi connectivity index (χ0) is 12.0. The Labute approximate surface area is 97.6 Å². The van der Waals surface area contributed by atoms with Crippen molar-refractivity contribution < 1.29 is 9.53 Å². The summed E-state index contributed by atoms with van der Waals surface area (Å²) in [7, 11) is 1.60. The van der Waals surface area contributed by atoms with Gasteiger partial charge in [0.05, 0.1) is 12.7 Å². The SMILES string of the molecule is CCCCCC(=O)c1cc(C)ccc1OC. The fourth-order valence-corrected chi connectivity index (χ4v) is 1.71. The van der Waals surface area contributed by atoms with E-state index in [0.29, 0.717) is 12.2 Å². The van der Waals surface area contributed by atoms with E-state index in [2.05, 4.69) is 6.92 Å². The topological polar surface area (TPSA) is 26.3 Å². The van der Waals surface area contributed by atoms with E-state index >= 15 is 0 Å². The Morgan fingerprint density at radius 1 is 1.31 bits per heavy atom. The monoisotopic (exact) mass is 220 g/mol. The highest BCUT2D eigenvalue weighted by atomic mass is 16.5. The average molecular weight is 220 g/mol. The van der Waals surface area contributed by atoms with Gasteiger partial charge < -0.3 is 4.74 Å². The van der Waals surface area contributed by atoms with Crippen molar-refractivity contribution in [2.75, 3.05) is 7.11 Å². The van der Waals surface area contributed by atoms with E-state index in [1.807, 2.05) is 25.1 Å². The Bertz CT molecular complexity index is 356. The summed E-state index contributed by atoms with van der Waals surface area (Å²) in [5, 5.41) is 0. The molecule has 1 rings (SSSR count). The summed E-state index contributed by atoms with van der Waals surface area (Å²) in [6, 6.07) is 5.73. The minimum Gasteiger partial charge on any atom is -0.496 e. The van der Waals surface area contributed by atoms with Crippen LogP contribution in [-0.2, 0) is 0 Å². The van der Waals surface area contributed by atoms with Crippen molar-refractivity contribution in [3.05, 3.63) is 29.3 Å². The molecule has 88 valence electrons. The molecule has 0 aliphatic rings. The molecule has 0 radical (unpaired) electrons. The van der Waals surface area contributed by atoms with Crippen molar-refractivity contribution in [2.45, 2.75) is 39.5 Å². The predicted molar refractivity (Wildman–Crippen MR) is 66.2 cm³/mol. The summed E-state index contributed by atoms with van der Waals surface area (Å²) in [5.41, 5.74) is 1.82. The summed E-state index contributed by atoms with van der Waals surface area (Å²) < 4.78 is 5.21. The van der Waals surface area contributed by atoms with Gasteiger partial charge in [-0.2, -0.15) is 0 Å². The second-order valence-corrected chi connectivity index (χ2v) is 4.08. The van der Waals surface area contributed by atoms with Crippen LogP contribution in [0.3, 0.4) is 0 Å². The largest absolute Gasteiger partial charge is 0.496 e. The van der Waals surface area contributed by atoms with Crippen LogP contribution < -0.4 is 4.74 Å². The van der Waals surface area contributed by atoms with Crippen molar-refractivity contribution in [2.24, 2.45) is 0 Å². The first-order valence-corrected chi connectivity index (χ1v) is 5.87. The lowest BCUT2D eigenvalue weighted by Gasteiger charge is -2.08. The lowest BCUT2D eigenvalue weighted by molar-refractivity contribution is 0.0976. The third kappa shape index (κ3) is 3.37. The minimum absolute atomic E-state index is 0.189. The third-order valence-electron chi connectivity index (χ3n) is 2.66. The van der Waals surface area contributed by atoms with E-state index in [1.54, 1.807) is 7.11 Å². The number of benzene rings is 1. The van der Waals surface area contributed by atoms with Gasteiger partial charge in [-0.15, -0.1) is 0 Å². The number of carbonyl (C=O) groups is 1. The number of ether oxygens (including phenoxy) is 1. The van der Waals surface area contributed by atoms with E-state index in [4.69, 9.17) is 4.74 Å². The maximum Gasteiger partial charge on any atom is 0.166 e. The van der Waals surface area contributed by atoms with E-state index in [1.165, 1.54) is 0 Å². The lowest BCUT2D eigenvalue weighted by atomic mass is 10.0. The maximum absolute atomic E-state index is 12.0. The van der Waals surface area contributed by atoms with Gasteiger partial charge in [0.2, 0.25) is 0 Å². The Kier molecular flexibility index (Phi) is 5.03. The fraction of sp³-hybridized carbons (Fsp3) is 0.500. The molecule has 2 heteroatoms. The number of unbranched alkanes of at least 4 members (excludes halogenated alkanes) is 2. The lowest BCUT2D eigenvalue weighted by Crippen LogP contribution is -2.02. The number of hydrogen-bond acceptors (Lipinski definition) is 2. The summed E-state index contributed by atoms with van der Waals surface area (Å²) >= 11 is 0. The van der Waals surface area contributed by atoms with Gasteiger partial charge >= 0.3 is 0 Å². The molecule has 0 aromatic heterocycles. The average Bonchev–Trinajstić information content (AvgIpc) is 2.29. The van der Waals surface area contributed by atoms with Crippen molar-refractivity contribution in [1.82, 2.24) is 0 Å².